The Morgan fingerprint density at radius 1 is 1.38 bits per heavy atom. The molecule has 2 aromatic rings. The van der Waals surface area contributed by atoms with Crippen molar-refractivity contribution in [3.05, 3.63) is 35.2 Å². The number of morpholine rings is 1. The van der Waals surface area contributed by atoms with Crippen molar-refractivity contribution in [2.24, 2.45) is 0 Å². The molecule has 3 rings (SSSR count). The predicted molar refractivity (Wildman–Crippen MR) is 95.4 cm³/mol. The van der Waals surface area contributed by atoms with E-state index in [1.54, 1.807) is 11.0 Å². The molecule has 0 radical (unpaired) electrons. The molecule has 3 heterocycles. The first-order valence-corrected chi connectivity index (χ1v) is 8.88. The van der Waals surface area contributed by atoms with Crippen molar-refractivity contribution in [1.82, 2.24) is 20.0 Å². The summed E-state index contributed by atoms with van der Waals surface area (Å²) in [5.41, 5.74) is 8.15. The van der Waals surface area contributed by atoms with Gasteiger partial charge in [-0.15, -0.1) is 0 Å². The van der Waals surface area contributed by atoms with Gasteiger partial charge in [0, 0.05) is 36.7 Å². The van der Waals surface area contributed by atoms with Crippen molar-refractivity contribution in [3.8, 4) is 0 Å². The maximum atomic E-state index is 12.6. The van der Waals surface area contributed by atoms with Crippen LogP contribution in [0.2, 0.25) is 0 Å². The Bertz CT molecular complexity index is 754. The predicted octanol–water partition coefficient (Wildman–Crippen LogP) is 2.01. The van der Waals surface area contributed by atoms with Crippen molar-refractivity contribution < 1.29 is 14.1 Å². The quantitative estimate of drug-likeness (QED) is 0.870. The highest BCUT2D eigenvalue weighted by Crippen LogP contribution is 2.23. The fourth-order valence-corrected chi connectivity index (χ4v) is 2.92. The molecule has 26 heavy (non-hydrogen) atoms. The Hall–Kier alpha value is -2.48. The highest BCUT2D eigenvalue weighted by atomic mass is 16.5. The zero-order chi connectivity index (χ0) is 18.7. The first-order valence-electron chi connectivity index (χ1n) is 8.88. The Labute approximate surface area is 152 Å². The van der Waals surface area contributed by atoms with Crippen molar-refractivity contribution in [1.29, 1.82) is 0 Å². The maximum absolute atomic E-state index is 12.6. The molecule has 2 N–H and O–H groups in total. The summed E-state index contributed by atoms with van der Waals surface area (Å²) in [6.45, 7) is 7.40. The van der Waals surface area contributed by atoms with Gasteiger partial charge in [0.25, 0.3) is 0 Å². The standard InChI is InChI=1S/C18H25N5O3/c1-11(2)18-21-16(26-22-18)4-5-17(24)23-6-7-25-15(10-23)14-9-13(19)8-12(3)20-14/h8-9,11,15H,4-7,10H2,1-3H3,(H2,19,20). The van der Waals surface area contributed by atoms with Gasteiger partial charge in [-0.25, -0.2) is 0 Å². The molecule has 2 aromatic heterocycles. The fraction of sp³-hybridized carbons (Fsp3) is 0.556. The van der Waals surface area contributed by atoms with E-state index in [1.807, 2.05) is 26.8 Å². The number of nitrogens with two attached hydrogens (primary N) is 1. The largest absolute Gasteiger partial charge is 0.399 e. The van der Waals surface area contributed by atoms with Gasteiger partial charge in [-0.1, -0.05) is 19.0 Å². The summed E-state index contributed by atoms with van der Waals surface area (Å²) in [4.78, 5) is 23.2. The van der Waals surface area contributed by atoms with Gasteiger partial charge in [-0.05, 0) is 19.1 Å². The molecule has 8 nitrogen and oxygen atoms in total. The SMILES string of the molecule is Cc1cc(N)cc(C2CN(C(=O)CCc3nc(C(C)C)no3)CCO2)n1. The first-order chi connectivity index (χ1) is 12.4. The second kappa shape index (κ2) is 7.82. The van der Waals surface area contributed by atoms with Crippen LogP contribution in [0.5, 0.6) is 0 Å². The number of carbonyl (C=O) groups excluding carboxylic acids is 1. The third kappa shape index (κ3) is 4.37. The van der Waals surface area contributed by atoms with Gasteiger partial charge in [-0.3, -0.25) is 9.78 Å². The van der Waals surface area contributed by atoms with E-state index < -0.39 is 0 Å². The van der Waals surface area contributed by atoms with Gasteiger partial charge in [0.15, 0.2) is 5.82 Å². The van der Waals surface area contributed by atoms with E-state index in [9.17, 15) is 4.79 Å². The van der Waals surface area contributed by atoms with Crippen molar-refractivity contribution in [3.63, 3.8) is 0 Å². The second-order valence-electron chi connectivity index (χ2n) is 6.87. The molecule has 1 atom stereocenters. The lowest BCUT2D eigenvalue weighted by Gasteiger charge is -2.33. The third-order valence-corrected chi connectivity index (χ3v) is 4.30. The number of aryl methyl sites for hydroxylation is 2. The van der Waals surface area contributed by atoms with E-state index in [0.717, 1.165) is 11.4 Å². The van der Waals surface area contributed by atoms with Gasteiger partial charge >= 0.3 is 0 Å². The summed E-state index contributed by atoms with van der Waals surface area (Å²) in [5.74, 6) is 1.42. The van der Waals surface area contributed by atoms with E-state index in [0.29, 0.717) is 49.9 Å². The first kappa shape index (κ1) is 18.3. The molecule has 1 aliphatic rings. The van der Waals surface area contributed by atoms with E-state index >= 15 is 0 Å². The Morgan fingerprint density at radius 2 is 2.19 bits per heavy atom. The van der Waals surface area contributed by atoms with Gasteiger partial charge in [0.05, 0.1) is 18.8 Å². The number of anilines is 1. The smallest absolute Gasteiger partial charge is 0.227 e. The molecule has 1 aliphatic heterocycles. The lowest BCUT2D eigenvalue weighted by atomic mass is 10.1. The number of aromatic nitrogens is 3. The highest BCUT2D eigenvalue weighted by molar-refractivity contribution is 5.76. The Balaban J connectivity index is 1.58. The minimum absolute atomic E-state index is 0.0446. The number of hydrogen-bond donors (Lipinski definition) is 1. The molecule has 1 amide bonds. The van der Waals surface area contributed by atoms with Gasteiger partial charge < -0.3 is 19.9 Å². The average Bonchev–Trinajstić information content (AvgIpc) is 3.08. The molecule has 0 spiro atoms. The van der Waals surface area contributed by atoms with Crippen molar-refractivity contribution in [2.75, 3.05) is 25.4 Å². The van der Waals surface area contributed by atoms with E-state index in [2.05, 4.69) is 15.1 Å². The number of nitrogen functional groups attached to an aromatic ring is 1. The van der Waals surface area contributed by atoms with Crippen molar-refractivity contribution >= 4 is 11.6 Å². The molecule has 8 heteroatoms. The third-order valence-electron chi connectivity index (χ3n) is 4.30. The summed E-state index contributed by atoms with van der Waals surface area (Å²) in [6.07, 6.45) is 0.511. The fourth-order valence-electron chi connectivity index (χ4n) is 2.92. The van der Waals surface area contributed by atoms with Crippen LogP contribution in [0.3, 0.4) is 0 Å². The normalized spacial score (nSPS) is 17.7. The molecule has 1 saturated heterocycles. The molecule has 0 aromatic carbocycles. The van der Waals surface area contributed by atoms with E-state index in [-0.39, 0.29) is 17.9 Å². The molecule has 1 fully saturated rings. The molecular weight excluding hydrogens is 334 g/mol. The highest BCUT2D eigenvalue weighted by Gasteiger charge is 2.26. The Morgan fingerprint density at radius 3 is 2.88 bits per heavy atom. The monoisotopic (exact) mass is 359 g/mol. The second-order valence-corrected chi connectivity index (χ2v) is 6.87. The molecule has 0 bridgehead atoms. The summed E-state index contributed by atoms with van der Waals surface area (Å²) >= 11 is 0. The van der Waals surface area contributed by atoms with Gasteiger partial charge in [-0.2, -0.15) is 4.98 Å². The molecule has 0 aliphatic carbocycles. The van der Waals surface area contributed by atoms with Crippen LogP contribution in [-0.4, -0.2) is 45.6 Å². The summed E-state index contributed by atoms with van der Waals surface area (Å²) in [5, 5.41) is 3.92. The Kier molecular flexibility index (Phi) is 5.51. The maximum Gasteiger partial charge on any atom is 0.227 e. The molecular formula is C18H25N5O3. The van der Waals surface area contributed by atoms with Gasteiger partial charge in [0.2, 0.25) is 11.8 Å². The molecule has 1 unspecified atom stereocenters. The number of hydrogen-bond acceptors (Lipinski definition) is 7. The zero-order valence-corrected chi connectivity index (χ0v) is 15.4. The minimum Gasteiger partial charge on any atom is -0.399 e. The van der Waals surface area contributed by atoms with Crippen LogP contribution >= 0.6 is 0 Å². The van der Waals surface area contributed by atoms with Crippen molar-refractivity contribution in [2.45, 2.75) is 45.6 Å². The van der Waals surface area contributed by atoms with Crippen LogP contribution in [0.15, 0.2) is 16.7 Å². The molecule has 140 valence electrons. The summed E-state index contributed by atoms with van der Waals surface area (Å²) < 4.78 is 11.0. The number of carbonyl (C=O) groups is 1. The van der Waals surface area contributed by atoms with E-state index in [1.165, 1.54) is 0 Å². The van der Waals surface area contributed by atoms with Crippen LogP contribution in [0.25, 0.3) is 0 Å². The number of nitrogens with zero attached hydrogens (tertiary/aromatic N) is 4. The number of rotatable bonds is 5. The number of pyridine rings is 1. The summed E-state index contributed by atoms with van der Waals surface area (Å²) in [7, 11) is 0. The lowest BCUT2D eigenvalue weighted by molar-refractivity contribution is -0.139. The molecule has 0 saturated carbocycles. The number of amides is 1. The van der Waals surface area contributed by atoms with Crippen LogP contribution in [0, 0.1) is 6.92 Å². The van der Waals surface area contributed by atoms with E-state index in [4.69, 9.17) is 15.0 Å². The van der Waals surface area contributed by atoms with Crippen LogP contribution in [-0.2, 0) is 16.0 Å². The lowest BCUT2D eigenvalue weighted by Crippen LogP contribution is -2.42. The van der Waals surface area contributed by atoms with Gasteiger partial charge in [0.1, 0.15) is 6.10 Å². The summed E-state index contributed by atoms with van der Waals surface area (Å²) in [6, 6.07) is 3.61. The van der Waals surface area contributed by atoms with Crippen LogP contribution < -0.4 is 5.73 Å². The zero-order valence-electron chi connectivity index (χ0n) is 15.4. The van der Waals surface area contributed by atoms with Crippen LogP contribution in [0.1, 0.15) is 55.4 Å². The average molecular weight is 359 g/mol. The topological polar surface area (TPSA) is 107 Å². The number of ether oxygens (including phenoxy) is 1. The van der Waals surface area contributed by atoms with Crippen LogP contribution in [0.4, 0.5) is 5.69 Å². The minimum atomic E-state index is -0.258.